The van der Waals surface area contributed by atoms with Crippen molar-refractivity contribution >= 4 is 0 Å². The Morgan fingerprint density at radius 2 is 0.625 bits per heavy atom. The second-order valence-electron chi connectivity index (χ2n) is 15.8. The summed E-state index contributed by atoms with van der Waals surface area (Å²) < 4.78 is 2.68. The maximum absolute atomic E-state index is 2.68. The molecule has 0 saturated carbocycles. The van der Waals surface area contributed by atoms with E-state index in [1.807, 2.05) is 0 Å². The van der Waals surface area contributed by atoms with E-state index in [0.717, 1.165) is 0 Å². The van der Waals surface area contributed by atoms with Crippen LogP contribution in [-0.4, -0.2) is 0 Å². The highest BCUT2D eigenvalue weighted by Crippen LogP contribution is 2.18. The monoisotopic (exact) mass is 669 g/mol. The van der Waals surface area contributed by atoms with Crippen LogP contribution >= 0.6 is 0 Å². The molecule has 0 aliphatic rings. The SMILES string of the molecule is CCCCCCCCCCCCCCCCCC[n+]1cccc(CCCCCCCCCCCC)c1CCCCCCCCCCCC. The average Bonchev–Trinajstić information content (AvgIpc) is 3.10. The van der Waals surface area contributed by atoms with Gasteiger partial charge in [-0.05, 0) is 31.7 Å². The Morgan fingerprint density at radius 3 is 0.979 bits per heavy atom. The van der Waals surface area contributed by atoms with Gasteiger partial charge in [-0.25, -0.2) is 4.57 Å². The summed E-state index contributed by atoms with van der Waals surface area (Å²) in [6, 6.07) is 4.84. The summed E-state index contributed by atoms with van der Waals surface area (Å²) in [7, 11) is 0. The number of pyridine rings is 1. The van der Waals surface area contributed by atoms with Crippen LogP contribution in [0.1, 0.15) is 263 Å². The molecule has 1 aromatic rings. The predicted molar refractivity (Wildman–Crippen MR) is 217 cm³/mol. The first kappa shape index (κ1) is 45.2. The number of aromatic nitrogens is 1. The van der Waals surface area contributed by atoms with Gasteiger partial charge in [-0.3, -0.25) is 0 Å². The van der Waals surface area contributed by atoms with E-state index in [9.17, 15) is 0 Å². The van der Waals surface area contributed by atoms with Gasteiger partial charge < -0.3 is 0 Å². The molecule has 0 fully saturated rings. The molecule has 48 heavy (non-hydrogen) atoms. The maximum Gasteiger partial charge on any atom is 0.184 e. The van der Waals surface area contributed by atoms with E-state index in [2.05, 4.69) is 43.7 Å². The standard InChI is InChI=1S/C47H90N/c1-4-7-10-13-16-19-22-23-24-25-26-27-30-33-36-39-44-48-45-40-42-46(41-37-34-31-28-20-17-14-11-8-5-2)47(48)43-38-35-32-29-21-18-15-12-9-6-3/h40,42,45H,4-39,41,43-44H2,1-3H3/q+1. The van der Waals surface area contributed by atoms with Crippen LogP contribution in [0.15, 0.2) is 18.3 Å². The topological polar surface area (TPSA) is 3.88 Å². The molecule has 0 atom stereocenters. The van der Waals surface area contributed by atoms with Gasteiger partial charge in [0.25, 0.3) is 0 Å². The van der Waals surface area contributed by atoms with Crippen molar-refractivity contribution in [3.63, 3.8) is 0 Å². The minimum Gasteiger partial charge on any atom is -0.202 e. The molecule has 0 amide bonds. The van der Waals surface area contributed by atoms with Crippen molar-refractivity contribution in [3.8, 4) is 0 Å². The van der Waals surface area contributed by atoms with Crippen LogP contribution in [0, 0.1) is 0 Å². The number of unbranched alkanes of at least 4 members (excludes halogenated alkanes) is 33. The summed E-state index contributed by atoms with van der Waals surface area (Å²) in [4.78, 5) is 0. The summed E-state index contributed by atoms with van der Waals surface area (Å²) in [5.41, 5.74) is 3.36. The Bertz CT molecular complexity index is 753. The molecule has 0 aromatic carbocycles. The largest absolute Gasteiger partial charge is 0.202 e. The van der Waals surface area contributed by atoms with Crippen LogP contribution in [0.25, 0.3) is 0 Å². The van der Waals surface area contributed by atoms with Crippen LogP contribution in [0.2, 0.25) is 0 Å². The average molecular weight is 669 g/mol. The Kier molecular flexibility index (Phi) is 35.2. The van der Waals surface area contributed by atoms with Gasteiger partial charge in [-0.1, -0.05) is 226 Å². The zero-order valence-corrected chi connectivity index (χ0v) is 33.8. The lowest BCUT2D eigenvalue weighted by atomic mass is 9.99. The number of aryl methyl sites for hydroxylation is 2. The number of nitrogens with zero attached hydrogens (tertiary/aromatic N) is 1. The van der Waals surface area contributed by atoms with E-state index in [0.29, 0.717) is 0 Å². The molecular formula is C47H90N+. The molecule has 1 nitrogen and oxygen atoms in total. The Hall–Kier alpha value is -0.850. The zero-order chi connectivity index (χ0) is 34.4. The van der Waals surface area contributed by atoms with E-state index >= 15 is 0 Å². The Balaban J connectivity index is 2.32. The Labute approximate surface area is 304 Å². The third-order valence-corrected chi connectivity index (χ3v) is 11.1. The molecule has 1 heteroatoms. The predicted octanol–water partition coefficient (Wildman–Crippen LogP) is 16.2. The molecule has 0 aliphatic heterocycles. The lowest BCUT2D eigenvalue weighted by molar-refractivity contribution is -0.705. The van der Waals surface area contributed by atoms with Crippen molar-refractivity contribution in [1.82, 2.24) is 0 Å². The van der Waals surface area contributed by atoms with E-state index in [4.69, 9.17) is 0 Å². The summed E-state index contributed by atoms with van der Waals surface area (Å²) in [6.07, 6.45) is 56.8. The number of hydrogen-bond donors (Lipinski definition) is 0. The molecule has 0 radical (unpaired) electrons. The molecule has 0 aliphatic carbocycles. The van der Waals surface area contributed by atoms with Gasteiger partial charge in [0.1, 0.15) is 6.54 Å². The van der Waals surface area contributed by atoms with Crippen LogP contribution in [0.5, 0.6) is 0 Å². The number of rotatable bonds is 39. The molecule has 1 rings (SSSR count). The molecule has 0 spiro atoms. The first-order valence-electron chi connectivity index (χ1n) is 22.8. The highest BCUT2D eigenvalue weighted by atomic mass is 15.0. The maximum atomic E-state index is 2.68. The van der Waals surface area contributed by atoms with Crippen molar-refractivity contribution in [2.45, 2.75) is 271 Å². The van der Waals surface area contributed by atoms with E-state index < -0.39 is 0 Å². The summed E-state index contributed by atoms with van der Waals surface area (Å²) in [5, 5.41) is 0. The van der Waals surface area contributed by atoms with Crippen molar-refractivity contribution in [2.24, 2.45) is 0 Å². The van der Waals surface area contributed by atoms with Crippen LogP contribution < -0.4 is 4.57 Å². The fourth-order valence-electron chi connectivity index (χ4n) is 7.79. The Morgan fingerprint density at radius 1 is 0.333 bits per heavy atom. The fourth-order valence-corrected chi connectivity index (χ4v) is 7.79. The smallest absolute Gasteiger partial charge is 0.184 e. The highest BCUT2D eigenvalue weighted by Gasteiger charge is 2.15. The van der Waals surface area contributed by atoms with Crippen molar-refractivity contribution in [2.75, 3.05) is 0 Å². The van der Waals surface area contributed by atoms with Crippen molar-refractivity contribution in [3.05, 3.63) is 29.6 Å². The first-order chi connectivity index (χ1) is 23.8. The normalized spacial score (nSPS) is 11.6. The summed E-state index contributed by atoms with van der Waals surface area (Å²) >= 11 is 0. The molecular weight excluding hydrogens is 579 g/mol. The van der Waals surface area contributed by atoms with Crippen LogP contribution in [0.3, 0.4) is 0 Å². The van der Waals surface area contributed by atoms with Gasteiger partial charge in [0, 0.05) is 24.5 Å². The van der Waals surface area contributed by atoms with Crippen LogP contribution in [0.4, 0.5) is 0 Å². The van der Waals surface area contributed by atoms with Gasteiger partial charge in [0.15, 0.2) is 11.9 Å². The van der Waals surface area contributed by atoms with Gasteiger partial charge in [-0.2, -0.15) is 0 Å². The van der Waals surface area contributed by atoms with Gasteiger partial charge >= 0.3 is 0 Å². The summed E-state index contributed by atoms with van der Waals surface area (Å²) in [5.74, 6) is 0. The second-order valence-corrected chi connectivity index (χ2v) is 15.8. The minimum absolute atomic E-state index is 1.23. The molecule has 1 heterocycles. The zero-order valence-electron chi connectivity index (χ0n) is 33.8. The molecule has 1 aromatic heterocycles. The molecule has 0 unspecified atom stereocenters. The van der Waals surface area contributed by atoms with E-state index in [1.165, 1.54) is 251 Å². The third kappa shape index (κ3) is 28.9. The van der Waals surface area contributed by atoms with Gasteiger partial charge in [0.05, 0.1) is 0 Å². The molecule has 282 valence electrons. The lowest BCUT2D eigenvalue weighted by Crippen LogP contribution is -2.39. The van der Waals surface area contributed by atoms with Gasteiger partial charge in [-0.15, -0.1) is 0 Å². The summed E-state index contributed by atoms with van der Waals surface area (Å²) in [6.45, 7) is 8.18. The highest BCUT2D eigenvalue weighted by molar-refractivity contribution is 5.16. The molecule has 0 N–H and O–H groups in total. The van der Waals surface area contributed by atoms with E-state index in [-0.39, 0.29) is 0 Å². The number of hydrogen-bond acceptors (Lipinski definition) is 0. The first-order valence-corrected chi connectivity index (χ1v) is 22.8. The van der Waals surface area contributed by atoms with E-state index in [1.54, 1.807) is 11.3 Å². The van der Waals surface area contributed by atoms with Gasteiger partial charge in [0.2, 0.25) is 0 Å². The van der Waals surface area contributed by atoms with Crippen molar-refractivity contribution < 1.29 is 4.57 Å². The van der Waals surface area contributed by atoms with Crippen LogP contribution in [-0.2, 0) is 19.4 Å². The molecule has 0 bridgehead atoms. The lowest BCUT2D eigenvalue weighted by Gasteiger charge is -2.11. The van der Waals surface area contributed by atoms with Crippen molar-refractivity contribution in [1.29, 1.82) is 0 Å². The second kappa shape index (κ2) is 37.4. The third-order valence-electron chi connectivity index (χ3n) is 11.1. The molecule has 0 saturated heterocycles. The minimum atomic E-state index is 1.23. The quantitative estimate of drug-likeness (QED) is 0.0485. The fraction of sp³-hybridized carbons (Fsp3) is 0.894.